The van der Waals surface area contributed by atoms with Crippen molar-refractivity contribution in [3.05, 3.63) is 40.6 Å². The highest BCUT2D eigenvalue weighted by Gasteiger charge is 2.15. The third kappa shape index (κ3) is 3.77. The average Bonchev–Trinajstić information content (AvgIpc) is 2.87. The van der Waals surface area contributed by atoms with E-state index in [0.717, 1.165) is 42.0 Å². The number of aromatic nitrogens is 2. The van der Waals surface area contributed by atoms with Gasteiger partial charge in [-0.3, -0.25) is 4.68 Å². The minimum Gasteiger partial charge on any atom is -0.490 e. The lowest BCUT2D eigenvalue weighted by Crippen LogP contribution is -2.19. The van der Waals surface area contributed by atoms with Crippen LogP contribution in [0, 0.1) is 0 Å². The molecule has 2 aromatic rings. The Morgan fingerprint density at radius 3 is 3.05 bits per heavy atom. The molecule has 1 aliphatic heterocycles. The normalized spacial score (nSPS) is 14.0. The Kier molecular flexibility index (Phi) is 4.77. The molecule has 0 atom stereocenters. The molecule has 0 fully saturated rings. The first kappa shape index (κ1) is 14.4. The summed E-state index contributed by atoms with van der Waals surface area (Å²) < 4.78 is 14.3. The van der Waals surface area contributed by atoms with Crippen LogP contribution in [0.15, 0.2) is 35.1 Å². The standard InChI is InChI=1S/C15H18BrN3O2/c16-13-9-12(10-14-15(13)21-8-2-7-20-14)11-17-4-6-19-5-1-3-18-19/h1,3,5,9-10,17H,2,4,6-8,11H2. The molecule has 0 amide bonds. The van der Waals surface area contributed by atoms with Gasteiger partial charge in [0.05, 0.1) is 24.2 Å². The van der Waals surface area contributed by atoms with Gasteiger partial charge in [0, 0.05) is 31.9 Å². The van der Waals surface area contributed by atoms with Crippen molar-refractivity contribution in [2.45, 2.75) is 19.5 Å². The van der Waals surface area contributed by atoms with Gasteiger partial charge >= 0.3 is 0 Å². The highest BCUT2D eigenvalue weighted by atomic mass is 79.9. The van der Waals surface area contributed by atoms with E-state index in [1.54, 1.807) is 6.20 Å². The first-order chi connectivity index (χ1) is 10.3. The molecule has 6 heteroatoms. The molecule has 3 rings (SSSR count). The monoisotopic (exact) mass is 351 g/mol. The number of fused-ring (bicyclic) bond motifs is 1. The van der Waals surface area contributed by atoms with Crippen LogP contribution in [-0.2, 0) is 13.1 Å². The highest BCUT2D eigenvalue weighted by molar-refractivity contribution is 9.10. The van der Waals surface area contributed by atoms with E-state index in [1.165, 1.54) is 5.56 Å². The topological polar surface area (TPSA) is 48.3 Å². The van der Waals surface area contributed by atoms with Gasteiger partial charge in [0.1, 0.15) is 0 Å². The fourth-order valence-corrected chi connectivity index (χ4v) is 2.85. The van der Waals surface area contributed by atoms with E-state index in [-0.39, 0.29) is 0 Å². The van der Waals surface area contributed by atoms with E-state index < -0.39 is 0 Å². The molecule has 1 N–H and O–H groups in total. The van der Waals surface area contributed by atoms with Crippen LogP contribution >= 0.6 is 15.9 Å². The number of nitrogens with zero attached hydrogens (tertiary/aromatic N) is 2. The van der Waals surface area contributed by atoms with Crippen molar-refractivity contribution < 1.29 is 9.47 Å². The SMILES string of the molecule is Brc1cc(CNCCn2cccn2)cc2c1OCCCO2. The summed E-state index contributed by atoms with van der Waals surface area (Å²) in [6.45, 7) is 3.92. The predicted octanol–water partition coefficient (Wildman–Crippen LogP) is 2.60. The second-order valence-corrected chi connectivity index (χ2v) is 5.76. The minimum absolute atomic E-state index is 0.701. The molecule has 0 radical (unpaired) electrons. The Hall–Kier alpha value is -1.53. The highest BCUT2D eigenvalue weighted by Crippen LogP contribution is 2.38. The molecule has 0 bridgehead atoms. The molecule has 1 aliphatic rings. The maximum atomic E-state index is 5.74. The number of hydrogen-bond donors (Lipinski definition) is 1. The third-order valence-corrected chi connectivity index (χ3v) is 3.86. The van der Waals surface area contributed by atoms with Gasteiger partial charge in [-0.25, -0.2) is 0 Å². The van der Waals surface area contributed by atoms with Crippen LogP contribution < -0.4 is 14.8 Å². The smallest absolute Gasteiger partial charge is 0.175 e. The van der Waals surface area contributed by atoms with Crippen LogP contribution in [-0.4, -0.2) is 29.5 Å². The fraction of sp³-hybridized carbons (Fsp3) is 0.400. The lowest BCUT2D eigenvalue weighted by molar-refractivity contribution is 0.296. The zero-order valence-corrected chi connectivity index (χ0v) is 13.3. The van der Waals surface area contributed by atoms with E-state index in [9.17, 15) is 0 Å². The molecule has 0 spiro atoms. The van der Waals surface area contributed by atoms with Gasteiger partial charge in [0.15, 0.2) is 11.5 Å². The number of rotatable bonds is 5. The van der Waals surface area contributed by atoms with Gasteiger partial charge in [0.2, 0.25) is 0 Å². The van der Waals surface area contributed by atoms with Crippen molar-refractivity contribution in [1.82, 2.24) is 15.1 Å². The maximum Gasteiger partial charge on any atom is 0.175 e. The van der Waals surface area contributed by atoms with Crippen LogP contribution in [0.25, 0.3) is 0 Å². The van der Waals surface area contributed by atoms with E-state index in [0.29, 0.717) is 13.2 Å². The molecular weight excluding hydrogens is 334 g/mol. The molecule has 5 nitrogen and oxygen atoms in total. The number of benzene rings is 1. The first-order valence-electron chi connectivity index (χ1n) is 7.09. The Balaban J connectivity index is 1.58. The van der Waals surface area contributed by atoms with E-state index in [1.807, 2.05) is 23.0 Å². The van der Waals surface area contributed by atoms with Crippen molar-refractivity contribution in [3.63, 3.8) is 0 Å². The van der Waals surface area contributed by atoms with Gasteiger partial charge < -0.3 is 14.8 Å². The summed E-state index contributed by atoms with van der Waals surface area (Å²) in [5.74, 6) is 1.64. The number of halogens is 1. The quantitative estimate of drug-likeness (QED) is 0.841. The van der Waals surface area contributed by atoms with Crippen LogP contribution in [0.5, 0.6) is 11.5 Å². The summed E-state index contributed by atoms with van der Waals surface area (Å²) >= 11 is 3.56. The van der Waals surface area contributed by atoms with Crippen LogP contribution in [0.2, 0.25) is 0 Å². The zero-order valence-electron chi connectivity index (χ0n) is 11.7. The lowest BCUT2D eigenvalue weighted by Gasteiger charge is -2.12. The van der Waals surface area contributed by atoms with Crippen molar-refractivity contribution in [2.75, 3.05) is 19.8 Å². The average molecular weight is 352 g/mol. The summed E-state index contributed by atoms with van der Waals surface area (Å²) in [6.07, 6.45) is 4.67. The van der Waals surface area contributed by atoms with Gasteiger partial charge in [-0.1, -0.05) is 0 Å². The van der Waals surface area contributed by atoms with Crippen LogP contribution in [0.4, 0.5) is 0 Å². The van der Waals surface area contributed by atoms with E-state index >= 15 is 0 Å². The zero-order chi connectivity index (χ0) is 14.5. The second kappa shape index (κ2) is 6.95. The van der Waals surface area contributed by atoms with Crippen LogP contribution in [0.3, 0.4) is 0 Å². The summed E-state index contributed by atoms with van der Waals surface area (Å²) in [5.41, 5.74) is 1.17. The molecule has 0 aliphatic carbocycles. The minimum atomic E-state index is 0.701. The summed E-state index contributed by atoms with van der Waals surface area (Å²) in [4.78, 5) is 0. The molecule has 1 aromatic carbocycles. The predicted molar refractivity (Wildman–Crippen MR) is 83.7 cm³/mol. The molecule has 112 valence electrons. The van der Waals surface area contributed by atoms with E-state index in [4.69, 9.17) is 9.47 Å². The van der Waals surface area contributed by atoms with Gasteiger partial charge in [-0.15, -0.1) is 0 Å². The Morgan fingerprint density at radius 2 is 2.19 bits per heavy atom. The Morgan fingerprint density at radius 1 is 1.29 bits per heavy atom. The molecule has 0 saturated carbocycles. The van der Waals surface area contributed by atoms with Crippen molar-refractivity contribution in [2.24, 2.45) is 0 Å². The van der Waals surface area contributed by atoms with Gasteiger partial charge in [-0.05, 0) is 39.7 Å². The number of nitrogens with one attached hydrogen (secondary N) is 1. The second-order valence-electron chi connectivity index (χ2n) is 4.90. The molecule has 0 unspecified atom stereocenters. The summed E-state index contributed by atoms with van der Waals surface area (Å²) in [5, 5.41) is 7.59. The first-order valence-corrected chi connectivity index (χ1v) is 7.88. The fourth-order valence-electron chi connectivity index (χ4n) is 2.25. The third-order valence-electron chi connectivity index (χ3n) is 3.27. The molecule has 1 aromatic heterocycles. The van der Waals surface area contributed by atoms with Crippen molar-refractivity contribution >= 4 is 15.9 Å². The van der Waals surface area contributed by atoms with Gasteiger partial charge in [0.25, 0.3) is 0 Å². The molecular formula is C15H18BrN3O2. The molecule has 21 heavy (non-hydrogen) atoms. The van der Waals surface area contributed by atoms with Crippen molar-refractivity contribution in [3.8, 4) is 11.5 Å². The Labute approximate surface area is 132 Å². The summed E-state index contributed by atoms with van der Waals surface area (Å²) in [6, 6.07) is 6.06. The number of hydrogen-bond acceptors (Lipinski definition) is 4. The van der Waals surface area contributed by atoms with Crippen molar-refractivity contribution in [1.29, 1.82) is 0 Å². The largest absolute Gasteiger partial charge is 0.490 e. The Bertz CT molecular complexity index is 587. The number of ether oxygens (including phenoxy) is 2. The lowest BCUT2D eigenvalue weighted by atomic mass is 10.2. The van der Waals surface area contributed by atoms with Gasteiger partial charge in [-0.2, -0.15) is 5.10 Å². The summed E-state index contributed by atoms with van der Waals surface area (Å²) in [7, 11) is 0. The van der Waals surface area contributed by atoms with E-state index in [2.05, 4.69) is 32.4 Å². The van der Waals surface area contributed by atoms with Crippen LogP contribution in [0.1, 0.15) is 12.0 Å². The molecule has 2 heterocycles. The molecule has 0 saturated heterocycles. The maximum absolute atomic E-state index is 5.74.